The average molecular weight is 399 g/mol. The molecular weight excluding hydrogens is 378 g/mol. The molecule has 8 heteroatoms. The van der Waals surface area contributed by atoms with E-state index in [0.717, 1.165) is 12.0 Å². The molecule has 0 unspecified atom stereocenters. The van der Waals surface area contributed by atoms with E-state index < -0.39 is 9.84 Å². The van der Waals surface area contributed by atoms with Crippen molar-refractivity contribution in [2.24, 2.45) is 0 Å². The molecule has 0 saturated carbocycles. The summed E-state index contributed by atoms with van der Waals surface area (Å²) in [6.07, 6.45) is 0.728. The van der Waals surface area contributed by atoms with E-state index in [1.165, 1.54) is 18.2 Å². The van der Waals surface area contributed by atoms with E-state index in [9.17, 15) is 8.42 Å². The van der Waals surface area contributed by atoms with Gasteiger partial charge in [0.15, 0.2) is 16.5 Å². The number of ether oxygens (including phenoxy) is 2. The van der Waals surface area contributed by atoms with Crippen LogP contribution in [0.4, 0.5) is 5.82 Å². The van der Waals surface area contributed by atoms with Crippen LogP contribution < -0.4 is 14.8 Å². The topological polar surface area (TPSA) is 90.4 Å². The molecule has 2 aromatic carbocycles. The molecule has 146 valence electrons. The summed E-state index contributed by atoms with van der Waals surface area (Å²) >= 11 is 0. The molecule has 0 radical (unpaired) electrons. The van der Waals surface area contributed by atoms with Gasteiger partial charge in [0.2, 0.25) is 9.84 Å². The number of rotatable bonds is 8. The fraction of sp³-hybridized carbons (Fsp3) is 0.200. The van der Waals surface area contributed by atoms with Gasteiger partial charge in [0, 0.05) is 6.54 Å². The SMILES string of the molecule is COc1ccc(CCNc2ccc(S(=O)(=O)c3ccccc3)nn2)cc1OC. The molecule has 0 fully saturated rings. The van der Waals surface area contributed by atoms with Crippen LogP contribution in [0.5, 0.6) is 11.5 Å². The second kappa shape index (κ2) is 8.71. The molecular formula is C20H21N3O4S. The summed E-state index contributed by atoms with van der Waals surface area (Å²) in [7, 11) is -0.466. The van der Waals surface area contributed by atoms with Crippen molar-refractivity contribution in [1.29, 1.82) is 0 Å². The maximum absolute atomic E-state index is 12.5. The highest BCUT2D eigenvalue weighted by atomic mass is 32.2. The summed E-state index contributed by atoms with van der Waals surface area (Å²) < 4.78 is 35.5. The van der Waals surface area contributed by atoms with Crippen molar-refractivity contribution in [3.05, 3.63) is 66.2 Å². The van der Waals surface area contributed by atoms with Crippen molar-refractivity contribution in [3.8, 4) is 11.5 Å². The Hall–Kier alpha value is -3.13. The number of aromatic nitrogens is 2. The molecule has 0 spiro atoms. The number of hydrogen-bond donors (Lipinski definition) is 1. The third kappa shape index (κ3) is 4.40. The van der Waals surface area contributed by atoms with Crippen molar-refractivity contribution in [2.75, 3.05) is 26.1 Å². The summed E-state index contributed by atoms with van der Waals surface area (Å²) in [5.41, 5.74) is 1.07. The number of methoxy groups -OCH3 is 2. The van der Waals surface area contributed by atoms with E-state index in [-0.39, 0.29) is 9.92 Å². The molecule has 0 aliphatic carbocycles. The standard InChI is InChI=1S/C20H21N3O4S/c1-26-17-9-8-15(14-18(17)27-2)12-13-21-19-10-11-20(23-22-19)28(24,25)16-6-4-3-5-7-16/h3-11,14H,12-13H2,1-2H3,(H,21,22). The van der Waals surface area contributed by atoms with Crippen LogP contribution in [-0.2, 0) is 16.3 Å². The lowest BCUT2D eigenvalue weighted by Gasteiger charge is -2.10. The van der Waals surface area contributed by atoms with Gasteiger partial charge >= 0.3 is 0 Å². The van der Waals surface area contributed by atoms with Crippen LogP contribution in [0.2, 0.25) is 0 Å². The Labute approximate surface area is 164 Å². The summed E-state index contributed by atoms with van der Waals surface area (Å²) in [4.78, 5) is 0.193. The Kier molecular flexibility index (Phi) is 6.10. The van der Waals surface area contributed by atoms with Crippen LogP contribution in [0.25, 0.3) is 0 Å². The minimum Gasteiger partial charge on any atom is -0.493 e. The lowest BCUT2D eigenvalue weighted by Crippen LogP contribution is -2.10. The van der Waals surface area contributed by atoms with E-state index in [1.807, 2.05) is 18.2 Å². The van der Waals surface area contributed by atoms with Gasteiger partial charge in [-0.3, -0.25) is 0 Å². The quantitative estimate of drug-likeness (QED) is 0.623. The predicted octanol–water partition coefficient (Wildman–Crippen LogP) is 2.98. The van der Waals surface area contributed by atoms with Gasteiger partial charge < -0.3 is 14.8 Å². The minimum atomic E-state index is -3.66. The third-order valence-electron chi connectivity index (χ3n) is 4.14. The van der Waals surface area contributed by atoms with Crippen molar-refractivity contribution in [1.82, 2.24) is 10.2 Å². The van der Waals surface area contributed by atoms with Crippen LogP contribution in [-0.4, -0.2) is 39.4 Å². The van der Waals surface area contributed by atoms with Gasteiger partial charge in [0.25, 0.3) is 0 Å². The number of nitrogens with zero attached hydrogens (tertiary/aromatic N) is 2. The van der Waals surface area contributed by atoms with E-state index in [1.54, 1.807) is 38.5 Å². The fourth-order valence-electron chi connectivity index (χ4n) is 2.65. The number of anilines is 1. The molecule has 0 aliphatic rings. The van der Waals surface area contributed by atoms with Gasteiger partial charge in [0.05, 0.1) is 19.1 Å². The molecule has 0 bridgehead atoms. The smallest absolute Gasteiger partial charge is 0.225 e. The maximum Gasteiger partial charge on any atom is 0.225 e. The summed E-state index contributed by atoms with van der Waals surface area (Å²) in [5, 5.41) is 10.9. The fourth-order valence-corrected chi connectivity index (χ4v) is 3.80. The number of nitrogens with one attached hydrogen (secondary N) is 1. The summed E-state index contributed by atoms with van der Waals surface area (Å²) in [6.45, 7) is 0.606. The van der Waals surface area contributed by atoms with Crippen LogP contribution in [0.3, 0.4) is 0 Å². The molecule has 0 amide bonds. The van der Waals surface area contributed by atoms with Crippen LogP contribution in [0.15, 0.2) is 70.6 Å². The minimum absolute atomic E-state index is 0.0795. The molecule has 3 aromatic rings. The molecule has 1 N–H and O–H groups in total. The van der Waals surface area contributed by atoms with Crippen molar-refractivity contribution >= 4 is 15.7 Å². The van der Waals surface area contributed by atoms with Gasteiger partial charge in [-0.1, -0.05) is 24.3 Å². The first-order valence-corrected chi connectivity index (χ1v) is 10.1. The van der Waals surface area contributed by atoms with E-state index >= 15 is 0 Å². The highest BCUT2D eigenvalue weighted by molar-refractivity contribution is 7.91. The molecule has 0 atom stereocenters. The Morgan fingerprint density at radius 2 is 1.64 bits per heavy atom. The second-order valence-electron chi connectivity index (χ2n) is 5.94. The first-order chi connectivity index (χ1) is 13.5. The zero-order chi connectivity index (χ0) is 20.0. The Balaban J connectivity index is 1.62. The number of benzene rings is 2. The average Bonchev–Trinajstić information content (AvgIpc) is 2.74. The Morgan fingerprint density at radius 3 is 2.29 bits per heavy atom. The Bertz CT molecular complexity index is 1020. The molecule has 7 nitrogen and oxygen atoms in total. The van der Waals surface area contributed by atoms with Gasteiger partial charge in [-0.15, -0.1) is 10.2 Å². The summed E-state index contributed by atoms with van der Waals surface area (Å²) in [5.74, 6) is 1.86. The van der Waals surface area contributed by atoms with Crippen molar-refractivity contribution < 1.29 is 17.9 Å². The monoisotopic (exact) mass is 399 g/mol. The highest BCUT2D eigenvalue weighted by Gasteiger charge is 2.19. The first-order valence-electron chi connectivity index (χ1n) is 8.63. The maximum atomic E-state index is 12.5. The first kappa shape index (κ1) is 19.6. The molecule has 0 saturated heterocycles. The lowest BCUT2D eigenvalue weighted by atomic mass is 10.1. The van der Waals surface area contributed by atoms with Crippen molar-refractivity contribution in [2.45, 2.75) is 16.3 Å². The van der Waals surface area contributed by atoms with E-state index in [4.69, 9.17) is 9.47 Å². The zero-order valence-electron chi connectivity index (χ0n) is 15.6. The normalized spacial score (nSPS) is 11.1. The Morgan fingerprint density at radius 1 is 0.893 bits per heavy atom. The largest absolute Gasteiger partial charge is 0.493 e. The highest BCUT2D eigenvalue weighted by Crippen LogP contribution is 2.27. The number of sulfone groups is 1. The third-order valence-corrected chi connectivity index (χ3v) is 5.80. The van der Waals surface area contributed by atoms with Gasteiger partial charge in [-0.05, 0) is 48.4 Å². The van der Waals surface area contributed by atoms with Crippen molar-refractivity contribution in [3.63, 3.8) is 0 Å². The van der Waals surface area contributed by atoms with Crippen LogP contribution >= 0.6 is 0 Å². The molecule has 1 heterocycles. The summed E-state index contributed by atoms with van der Waals surface area (Å²) in [6, 6.07) is 17.0. The van der Waals surface area contributed by atoms with Crippen LogP contribution in [0, 0.1) is 0 Å². The zero-order valence-corrected chi connectivity index (χ0v) is 16.4. The van der Waals surface area contributed by atoms with Crippen LogP contribution in [0.1, 0.15) is 5.56 Å². The second-order valence-corrected chi connectivity index (χ2v) is 7.84. The lowest BCUT2D eigenvalue weighted by molar-refractivity contribution is 0.354. The van der Waals surface area contributed by atoms with Gasteiger partial charge in [0.1, 0.15) is 5.82 Å². The van der Waals surface area contributed by atoms with Gasteiger partial charge in [-0.2, -0.15) is 0 Å². The molecule has 3 rings (SSSR count). The van der Waals surface area contributed by atoms with E-state index in [2.05, 4.69) is 15.5 Å². The van der Waals surface area contributed by atoms with E-state index in [0.29, 0.717) is 23.9 Å². The molecule has 0 aliphatic heterocycles. The molecule has 28 heavy (non-hydrogen) atoms. The predicted molar refractivity (Wildman–Crippen MR) is 106 cm³/mol. The van der Waals surface area contributed by atoms with Gasteiger partial charge in [-0.25, -0.2) is 8.42 Å². The molecule has 1 aromatic heterocycles. The number of hydrogen-bond acceptors (Lipinski definition) is 7.